The Hall–Kier alpha value is -2.22. The highest BCUT2D eigenvalue weighted by Gasteiger charge is 2.13. The Balaban J connectivity index is 2.18. The van der Waals surface area contributed by atoms with Crippen molar-refractivity contribution < 1.29 is 4.39 Å². The van der Waals surface area contributed by atoms with Gasteiger partial charge in [-0.3, -0.25) is 4.99 Å². The molecule has 1 aliphatic heterocycles. The van der Waals surface area contributed by atoms with Gasteiger partial charge in [-0.25, -0.2) is 4.39 Å². The number of allylic oxidation sites excluding steroid dienone is 2. The topological polar surface area (TPSA) is 12.4 Å². The van der Waals surface area contributed by atoms with Gasteiger partial charge in [0, 0.05) is 16.8 Å². The number of nitrogens with zero attached hydrogens (tertiary/aromatic N) is 1. The summed E-state index contributed by atoms with van der Waals surface area (Å²) in [6, 6.07) is 14.8. The molecule has 1 aliphatic rings. The lowest BCUT2D eigenvalue weighted by molar-refractivity contribution is 0.628. The summed E-state index contributed by atoms with van der Waals surface area (Å²) in [5.41, 5.74) is 5.24. The van der Waals surface area contributed by atoms with Crippen LogP contribution in [0.25, 0.3) is 0 Å². The molecule has 0 aliphatic carbocycles. The van der Waals surface area contributed by atoms with Crippen molar-refractivity contribution in [1.82, 2.24) is 0 Å². The summed E-state index contributed by atoms with van der Waals surface area (Å²) in [6.45, 7) is 2.00. The molecular formula is C17H14FN. The van der Waals surface area contributed by atoms with E-state index >= 15 is 0 Å². The molecule has 0 amide bonds. The molecule has 0 fully saturated rings. The molecule has 0 saturated heterocycles. The van der Waals surface area contributed by atoms with Gasteiger partial charge >= 0.3 is 0 Å². The fourth-order valence-corrected chi connectivity index (χ4v) is 2.30. The molecule has 0 saturated carbocycles. The summed E-state index contributed by atoms with van der Waals surface area (Å²) in [5, 5.41) is 0. The fraction of sp³-hybridized carbons (Fsp3) is 0.118. The number of hydrogen-bond donors (Lipinski definition) is 0. The van der Waals surface area contributed by atoms with Crippen molar-refractivity contribution in [1.29, 1.82) is 0 Å². The van der Waals surface area contributed by atoms with Crippen LogP contribution in [-0.2, 0) is 6.42 Å². The normalized spacial score (nSPS) is 14.2. The molecule has 2 heteroatoms. The molecule has 94 valence electrons. The zero-order chi connectivity index (χ0) is 13.2. The maximum absolute atomic E-state index is 13.1. The van der Waals surface area contributed by atoms with E-state index in [1.54, 1.807) is 12.1 Å². The van der Waals surface area contributed by atoms with Gasteiger partial charge < -0.3 is 0 Å². The summed E-state index contributed by atoms with van der Waals surface area (Å²) in [4.78, 5) is 4.67. The van der Waals surface area contributed by atoms with Crippen molar-refractivity contribution in [2.45, 2.75) is 13.3 Å². The van der Waals surface area contributed by atoms with Gasteiger partial charge in [0.25, 0.3) is 0 Å². The average Bonchev–Trinajstić information content (AvgIpc) is 2.60. The lowest BCUT2D eigenvalue weighted by atomic mass is 9.96. The third-order valence-electron chi connectivity index (χ3n) is 3.30. The number of halogens is 1. The van der Waals surface area contributed by atoms with Crippen molar-refractivity contribution >= 4 is 5.71 Å². The minimum atomic E-state index is -0.224. The summed E-state index contributed by atoms with van der Waals surface area (Å²) in [6.07, 6.45) is 3.01. The second kappa shape index (κ2) is 4.81. The minimum Gasteiger partial charge on any atom is -0.253 e. The Morgan fingerprint density at radius 3 is 2.53 bits per heavy atom. The molecule has 2 aromatic rings. The Bertz CT molecular complexity index is 666. The predicted octanol–water partition coefficient (Wildman–Crippen LogP) is 4.12. The highest BCUT2D eigenvalue weighted by atomic mass is 19.1. The van der Waals surface area contributed by atoms with Crippen molar-refractivity contribution in [3.8, 4) is 0 Å². The van der Waals surface area contributed by atoms with E-state index in [4.69, 9.17) is 0 Å². The molecule has 2 aromatic carbocycles. The Morgan fingerprint density at radius 2 is 1.74 bits per heavy atom. The first-order chi connectivity index (χ1) is 9.24. The average molecular weight is 251 g/mol. The molecule has 0 spiro atoms. The summed E-state index contributed by atoms with van der Waals surface area (Å²) in [7, 11) is 0. The number of fused-ring (bicyclic) bond motifs is 1. The van der Waals surface area contributed by atoms with E-state index in [0.29, 0.717) is 0 Å². The van der Waals surface area contributed by atoms with Crippen molar-refractivity contribution in [2.75, 3.05) is 0 Å². The van der Waals surface area contributed by atoms with Crippen LogP contribution in [-0.4, -0.2) is 5.71 Å². The molecule has 0 unspecified atom stereocenters. The first-order valence-electron chi connectivity index (χ1n) is 6.34. The third-order valence-corrected chi connectivity index (χ3v) is 3.30. The van der Waals surface area contributed by atoms with E-state index in [2.05, 4.69) is 23.2 Å². The van der Waals surface area contributed by atoms with Crippen LogP contribution in [0.4, 0.5) is 4.39 Å². The molecule has 0 atom stereocenters. The van der Waals surface area contributed by atoms with Gasteiger partial charge in [-0.15, -0.1) is 0 Å². The molecule has 1 heterocycles. The predicted molar refractivity (Wildman–Crippen MR) is 75.9 cm³/mol. The van der Waals surface area contributed by atoms with Gasteiger partial charge in [0.05, 0.1) is 5.71 Å². The van der Waals surface area contributed by atoms with Crippen LogP contribution in [0, 0.1) is 5.82 Å². The van der Waals surface area contributed by atoms with Crippen LogP contribution in [0.15, 0.2) is 65.3 Å². The van der Waals surface area contributed by atoms with Crippen LogP contribution in [0.2, 0.25) is 0 Å². The maximum Gasteiger partial charge on any atom is 0.123 e. The Labute approximate surface area is 112 Å². The molecular weight excluding hydrogens is 237 g/mol. The van der Waals surface area contributed by atoms with Gasteiger partial charge in [0.1, 0.15) is 5.82 Å². The number of rotatable bonds is 1. The second-order valence-electron chi connectivity index (χ2n) is 4.67. The van der Waals surface area contributed by atoms with Crippen molar-refractivity contribution in [2.24, 2.45) is 4.99 Å². The number of aliphatic imine (C=N–C) groups is 1. The van der Waals surface area contributed by atoms with E-state index < -0.39 is 0 Å². The quantitative estimate of drug-likeness (QED) is 0.723. The maximum atomic E-state index is 13.1. The Morgan fingerprint density at radius 1 is 1.00 bits per heavy atom. The summed E-state index contributed by atoms with van der Waals surface area (Å²) < 4.78 is 13.1. The van der Waals surface area contributed by atoms with Gasteiger partial charge in [0.2, 0.25) is 0 Å². The molecule has 0 radical (unpaired) electrons. The lowest BCUT2D eigenvalue weighted by Crippen LogP contribution is -2.05. The molecule has 0 bridgehead atoms. The molecule has 1 nitrogen and oxygen atoms in total. The molecule has 0 N–H and O–H groups in total. The van der Waals surface area contributed by atoms with Crippen LogP contribution in [0.1, 0.15) is 23.6 Å². The largest absolute Gasteiger partial charge is 0.253 e. The van der Waals surface area contributed by atoms with E-state index in [1.807, 2.05) is 19.1 Å². The number of benzene rings is 2. The number of hydrogen-bond acceptors (Lipinski definition) is 1. The smallest absolute Gasteiger partial charge is 0.123 e. The SMILES string of the molecule is CC1=CCc2ccccc2C(c2ccc(F)cc2)=N1. The van der Waals surface area contributed by atoms with Crippen LogP contribution < -0.4 is 0 Å². The summed E-state index contributed by atoms with van der Waals surface area (Å²) >= 11 is 0. The van der Waals surface area contributed by atoms with E-state index in [0.717, 1.165) is 29.0 Å². The zero-order valence-corrected chi connectivity index (χ0v) is 10.7. The third kappa shape index (κ3) is 2.34. The fourth-order valence-electron chi connectivity index (χ4n) is 2.30. The van der Waals surface area contributed by atoms with Crippen LogP contribution in [0.3, 0.4) is 0 Å². The standard InChI is InChI=1S/C17H14FN/c1-12-6-7-13-4-2-3-5-16(13)17(19-12)14-8-10-15(18)11-9-14/h2-6,8-11H,7H2,1H3. The molecule has 0 aromatic heterocycles. The van der Waals surface area contributed by atoms with E-state index in [9.17, 15) is 4.39 Å². The van der Waals surface area contributed by atoms with Crippen LogP contribution in [0.5, 0.6) is 0 Å². The first-order valence-corrected chi connectivity index (χ1v) is 6.34. The second-order valence-corrected chi connectivity index (χ2v) is 4.67. The van der Waals surface area contributed by atoms with Gasteiger partial charge in [-0.1, -0.05) is 30.3 Å². The van der Waals surface area contributed by atoms with Gasteiger partial charge in [-0.05, 0) is 43.2 Å². The van der Waals surface area contributed by atoms with Crippen molar-refractivity contribution in [3.05, 3.63) is 82.8 Å². The lowest BCUT2D eigenvalue weighted by Gasteiger charge is -2.09. The van der Waals surface area contributed by atoms with E-state index in [-0.39, 0.29) is 5.82 Å². The van der Waals surface area contributed by atoms with Crippen LogP contribution >= 0.6 is 0 Å². The monoisotopic (exact) mass is 251 g/mol. The minimum absolute atomic E-state index is 0.224. The van der Waals surface area contributed by atoms with E-state index in [1.165, 1.54) is 17.7 Å². The van der Waals surface area contributed by atoms with Gasteiger partial charge in [0.15, 0.2) is 0 Å². The molecule has 19 heavy (non-hydrogen) atoms. The summed E-state index contributed by atoms with van der Waals surface area (Å²) in [5.74, 6) is -0.224. The Kier molecular flexibility index (Phi) is 3.00. The highest BCUT2D eigenvalue weighted by molar-refractivity contribution is 6.14. The zero-order valence-electron chi connectivity index (χ0n) is 10.7. The van der Waals surface area contributed by atoms with Gasteiger partial charge in [-0.2, -0.15) is 0 Å². The van der Waals surface area contributed by atoms with Crippen molar-refractivity contribution in [3.63, 3.8) is 0 Å². The highest BCUT2D eigenvalue weighted by Crippen LogP contribution is 2.21. The first kappa shape index (κ1) is 11.8. The molecule has 3 rings (SSSR count).